The number of anilines is 1. The SMILES string of the molecule is COC(C)C(=O)Nc1ccnc(C(=O)O)c1. The first kappa shape index (κ1) is 12.1. The summed E-state index contributed by atoms with van der Waals surface area (Å²) in [4.78, 5) is 25.7. The highest BCUT2D eigenvalue weighted by Crippen LogP contribution is 2.08. The standard InChI is InChI=1S/C10H12N2O4/c1-6(16-2)9(13)12-7-3-4-11-8(5-7)10(14)15/h3-6H,1-2H3,(H,14,15)(H,11,12,13). The van der Waals surface area contributed by atoms with E-state index in [2.05, 4.69) is 10.3 Å². The quantitative estimate of drug-likeness (QED) is 0.787. The molecule has 6 heteroatoms. The Balaban J connectivity index is 2.78. The van der Waals surface area contributed by atoms with E-state index >= 15 is 0 Å². The molecule has 1 aromatic heterocycles. The van der Waals surface area contributed by atoms with Gasteiger partial charge in [-0.3, -0.25) is 4.79 Å². The number of pyridine rings is 1. The van der Waals surface area contributed by atoms with E-state index in [9.17, 15) is 9.59 Å². The molecule has 0 fully saturated rings. The Hall–Kier alpha value is -1.95. The van der Waals surface area contributed by atoms with E-state index in [0.717, 1.165) is 0 Å². The molecule has 86 valence electrons. The lowest BCUT2D eigenvalue weighted by Gasteiger charge is -2.10. The van der Waals surface area contributed by atoms with Crippen LogP contribution in [0.4, 0.5) is 5.69 Å². The van der Waals surface area contributed by atoms with Crippen LogP contribution in [-0.4, -0.2) is 35.2 Å². The van der Waals surface area contributed by atoms with E-state index in [1.807, 2.05) is 0 Å². The first-order valence-electron chi connectivity index (χ1n) is 4.57. The number of amides is 1. The van der Waals surface area contributed by atoms with E-state index < -0.39 is 12.1 Å². The number of ether oxygens (including phenoxy) is 1. The lowest BCUT2D eigenvalue weighted by atomic mass is 10.3. The number of carboxylic acids is 1. The van der Waals surface area contributed by atoms with Crippen LogP contribution in [0.2, 0.25) is 0 Å². The molecule has 0 aliphatic carbocycles. The molecule has 0 saturated carbocycles. The number of hydrogen-bond acceptors (Lipinski definition) is 4. The first-order valence-corrected chi connectivity index (χ1v) is 4.57. The Bertz CT molecular complexity index is 406. The molecular formula is C10H12N2O4. The summed E-state index contributed by atoms with van der Waals surface area (Å²) in [6.07, 6.45) is 0.720. The topological polar surface area (TPSA) is 88.5 Å². The third kappa shape index (κ3) is 3.03. The van der Waals surface area contributed by atoms with Crippen LogP contribution in [0.15, 0.2) is 18.3 Å². The van der Waals surface area contributed by atoms with E-state index in [4.69, 9.17) is 9.84 Å². The molecule has 0 saturated heterocycles. The van der Waals surface area contributed by atoms with Crippen LogP contribution in [0.5, 0.6) is 0 Å². The number of hydrogen-bond donors (Lipinski definition) is 2. The molecule has 1 unspecified atom stereocenters. The third-order valence-corrected chi connectivity index (χ3v) is 1.97. The molecule has 16 heavy (non-hydrogen) atoms. The molecule has 1 heterocycles. The lowest BCUT2D eigenvalue weighted by molar-refractivity contribution is -0.124. The highest BCUT2D eigenvalue weighted by atomic mass is 16.5. The van der Waals surface area contributed by atoms with Crippen molar-refractivity contribution in [1.29, 1.82) is 0 Å². The minimum absolute atomic E-state index is 0.122. The van der Waals surface area contributed by atoms with Gasteiger partial charge in [-0.1, -0.05) is 0 Å². The van der Waals surface area contributed by atoms with E-state index in [-0.39, 0.29) is 11.6 Å². The van der Waals surface area contributed by atoms with Gasteiger partial charge in [-0.25, -0.2) is 9.78 Å². The van der Waals surface area contributed by atoms with Crippen molar-refractivity contribution in [3.05, 3.63) is 24.0 Å². The summed E-state index contributed by atoms with van der Waals surface area (Å²) in [6.45, 7) is 1.59. The number of nitrogens with one attached hydrogen (secondary N) is 1. The molecule has 0 radical (unpaired) electrons. The fraction of sp³-hybridized carbons (Fsp3) is 0.300. The van der Waals surface area contributed by atoms with Crippen LogP contribution in [0.1, 0.15) is 17.4 Å². The van der Waals surface area contributed by atoms with Crippen LogP contribution in [0.25, 0.3) is 0 Å². The Labute approximate surface area is 92.3 Å². The zero-order valence-electron chi connectivity index (χ0n) is 8.93. The normalized spacial score (nSPS) is 11.9. The second-order valence-electron chi connectivity index (χ2n) is 3.10. The molecule has 1 aromatic rings. The molecule has 6 nitrogen and oxygen atoms in total. The second kappa shape index (κ2) is 5.22. The molecular weight excluding hydrogens is 212 g/mol. The predicted molar refractivity (Wildman–Crippen MR) is 56.3 cm³/mol. The van der Waals surface area contributed by atoms with Gasteiger partial charge in [-0.15, -0.1) is 0 Å². The average molecular weight is 224 g/mol. The van der Waals surface area contributed by atoms with Gasteiger partial charge in [0.1, 0.15) is 11.8 Å². The zero-order chi connectivity index (χ0) is 12.1. The number of carbonyl (C=O) groups excluding carboxylic acids is 1. The maximum absolute atomic E-state index is 11.4. The van der Waals surface area contributed by atoms with Gasteiger partial charge in [0.2, 0.25) is 0 Å². The minimum Gasteiger partial charge on any atom is -0.477 e. The molecule has 1 rings (SSSR count). The fourth-order valence-electron chi connectivity index (χ4n) is 0.976. The largest absolute Gasteiger partial charge is 0.477 e. The summed E-state index contributed by atoms with van der Waals surface area (Å²) in [7, 11) is 1.42. The van der Waals surface area contributed by atoms with Crippen LogP contribution < -0.4 is 5.32 Å². The molecule has 1 amide bonds. The Morgan fingerprint density at radius 1 is 1.56 bits per heavy atom. The Morgan fingerprint density at radius 2 is 2.25 bits per heavy atom. The third-order valence-electron chi connectivity index (χ3n) is 1.97. The summed E-state index contributed by atoms with van der Waals surface area (Å²) in [5, 5.41) is 11.2. The van der Waals surface area contributed by atoms with Crippen molar-refractivity contribution in [3.63, 3.8) is 0 Å². The molecule has 0 bridgehead atoms. The summed E-state index contributed by atoms with van der Waals surface area (Å²) < 4.78 is 4.82. The van der Waals surface area contributed by atoms with Gasteiger partial charge in [0, 0.05) is 19.0 Å². The van der Waals surface area contributed by atoms with Crippen molar-refractivity contribution in [3.8, 4) is 0 Å². The van der Waals surface area contributed by atoms with E-state index in [1.54, 1.807) is 6.92 Å². The van der Waals surface area contributed by atoms with Crippen molar-refractivity contribution in [2.24, 2.45) is 0 Å². The zero-order valence-corrected chi connectivity index (χ0v) is 8.93. The number of methoxy groups -OCH3 is 1. The lowest BCUT2D eigenvalue weighted by Crippen LogP contribution is -2.26. The molecule has 0 spiro atoms. The number of aromatic carboxylic acids is 1. The highest BCUT2D eigenvalue weighted by molar-refractivity contribution is 5.95. The van der Waals surface area contributed by atoms with Gasteiger partial charge in [0.15, 0.2) is 0 Å². The molecule has 0 aliphatic rings. The van der Waals surface area contributed by atoms with Crippen LogP contribution in [0, 0.1) is 0 Å². The van der Waals surface area contributed by atoms with Crippen molar-refractivity contribution in [1.82, 2.24) is 4.98 Å². The number of nitrogens with zero attached hydrogens (tertiary/aromatic N) is 1. The number of carbonyl (C=O) groups is 2. The highest BCUT2D eigenvalue weighted by Gasteiger charge is 2.12. The van der Waals surface area contributed by atoms with Crippen molar-refractivity contribution in [2.45, 2.75) is 13.0 Å². The van der Waals surface area contributed by atoms with E-state index in [1.165, 1.54) is 25.4 Å². The fourth-order valence-corrected chi connectivity index (χ4v) is 0.976. The number of rotatable bonds is 4. The Kier molecular flexibility index (Phi) is 3.96. The minimum atomic E-state index is -1.14. The summed E-state index contributed by atoms with van der Waals surface area (Å²) >= 11 is 0. The van der Waals surface area contributed by atoms with Crippen molar-refractivity contribution < 1.29 is 19.4 Å². The van der Waals surface area contributed by atoms with Gasteiger partial charge < -0.3 is 15.2 Å². The van der Waals surface area contributed by atoms with Crippen molar-refractivity contribution in [2.75, 3.05) is 12.4 Å². The van der Waals surface area contributed by atoms with E-state index in [0.29, 0.717) is 5.69 Å². The number of carboxylic acid groups (broad SMARTS) is 1. The molecule has 0 aliphatic heterocycles. The van der Waals surface area contributed by atoms with Gasteiger partial charge in [-0.2, -0.15) is 0 Å². The Morgan fingerprint density at radius 3 is 2.81 bits per heavy atom. The van der Waals surface area contributed by atoms with Crippen molar-refractivity contribution >= 4 is 17.6 Å². The average Bonchev–Trinajstić information content (AvgIpc) is 2.28. The van der Waals surface area contributed by atoms with Gasteiger partial charge in [0.25, 0.3) is 5.91 Å². The van der Waals surface area contributed by atoms with Crippen LogP contribution in [0.3, 0.4) is 0 Å². The summed E-state index contributed by atoms with van der Waals surface area (Å²) in [5.74, 6) is -1.49. The van der Waals surface area contributed by atoms with Crippen LogP contribution >= 0.6 is 0 Å². The van der Waals surface area contributed by atoms with Crippen LogP contribution in [-0.2, 0) is 9.53 Å². The first-order chi connectivity index (χ1) is 7.54. The maximum atomic E-state index is 11.4. The van der Waals surface area contributed by atoms with Gasteiger partial charge >= 0.3 is 5.97 Å². The van der Waals surface area contributed by atoms with Gasteiger partial charge in [0.05, 0.1) is 0 Å². The monoisotopic (exact) mass is 224 g/mol. The van der Waals surface area contributed by atoms with Gasteiger partial charge in [-0.05, 0) is 19.1 Å². The number of aromatic nitrogens is 1. The second-order valence-corrected chi connectivity index (χ2v) is 3.10. The predicted octanol–water partition coefficient (Wildman–Crippen LogP) is 0.753. The molecule has 2 N–H and O–H groups in total. The molecule has 1 atom stereocenters. The molecule has 0 aromatic carbocycles. The summed E-state index contributed by atoms with van der Waals surface area (Å²) in [6, 6.07) is 2.79. The summed E-state index contributed by atoms with van der Waals surface area (Å²) in [5.41, 5.74) is 0.254. The smallest absolute Gasteiger partial charge is 0.354 e. The maximum Gasteiger partial charge on any atom is 0.354 e.